The van der Waals surface area contributed by atoms with Crippen molar-refractivity contribution in [3.05, 3.63) is 113 Å². The molecule has 0 aliphatic rings. The van der Waals surface area contributed by atoms with Gasteiger partial charge in [0, 0.05) is 23.4 Å². The lowest BCUT2D eigenvalue weighted by Crippen LogP contribution is -2.07. The van der Waals surface area contributed by atoms with Crippen molar-refractivity contribution in [3.8, 4) is 11.5 Å². The molecule has 0 saturated carbocycles. The largest absolute Gasteiger partial charge is 0.496 e. The van der Waals surface area contributed by atoms with Crippen molar-refractivity contribution >= 4 is 17.7 Å². The van der Waals surface area contributed by atoms with Gasteiger partial charge in [0.05, 0.1) is 25.5 Å². The molecule has 1 amide bonds. The van der Waals surface area contributed by atoms with Crippen LogP contribution in [0.15, 0.2) is 85.2 Å². The summed E-state index contributed by atoms with van der Waals surface area (Å²) in [5, 5.41) is 6.96. The predicted molar refractivity (Wildman–Crippen MR) is 134 cm³/mol. The van der Waals surface area contributed by atoms with E-state index >= 15 is 0 Å². The van der Waals surface area contributed by atoms with Gasteiger partial charge in [-0.05, 0) is 48.9 Å². The number of nitrogens with one attached hydrogen (secondary N) is 1. The molecular formula is C28H26FN3O3. The molecule has 1 aromatic heterocycles. The van der Waals surface area contributed by atoms with Crippen LogP contribution in [0.25, 0.3) is 6.08 Å². The monoisotopic (exact) mass is 471 g/mol. The molecule has 4 aromatic rings. The Kier molecular flexibility index (Phi) is 7.57. The van der Waals surface area contributed by atoms with Gasteiger partial charge in [0.1, 0.15) is 23.9 Å². The Morgan fingerprint density at radius 3 is 2.66 bits per heavy atom. The standard InChI is InChI=1S/C28H26FN3O3/c1-20-7-11-25(12-8-20)35-19-23-15-21(9-13-27(23)34-2)10-14-28(33)31-24-16-30-32(18-24)17-22-5-3-4-6-26(22)29/h3-16,18H,17,19H2,1-2H3,(H,31,33)/b14-10+. The number of nitrogens with zero attached hydrogens (tertiary/aromatic N) is 2. The van der Waals surface area contributed by atoms with Gasteiger partial charge in [-0.15, -0.1) is 0 Å². The first kappa shape index (κ1) is 23.8. The van der Waals surface area contributed by atoms with Gasteiger partial charge in [0.2, 0.25) is 5.91 Å². The zero-order valence-electron chi connectivity index (χ0n) is 19.6. The highest BCUT2D eigenvalue weighted by molar-refractivity contribution is 6.01. The van der Waals surface area contributed by atoms with Crippen LogP contribution in [0, 0.1) is 12.7 Å². The first-order valence-corrected chi connectivity index (χ1v) is 11.1. The average Bonchev–Trinajstić information content (AvgIpc) is 3.30. The minimum absolute atomic E-state index is 0.275. The van der Waals surface area contributed by atoms with Crippen LogP contribution in [0.5, 0.6) is 11.5 Å². The molecule has 1 heterocycles. The van der Waals surface area contributed by atoms with E-state index in [0.717, 1.165) is 22.4 Å². The van der Waals surface area contributed by atoms with E-state index in [2.05, 4.69) is 10.4 Å². The van der Waals surface area contributed by atoms with Crippen LogP contribution >= 0.6 is 0 Å². The highest BCUT2D eigenvalue weighted by Gasteiger charge is 2.07. The molecule has 0 aliphatic heterocycles. The average molecular weight is 472 g/mol. The van der Waals surface area contributed by atoms with Crippen LogP contribution in [0.1, 0.15) is 22.3 Å². The zero-order valence-corrected chi connectivity index (χ0v) is 19.6. The van der Waals surface area contributed by atoms with Gasteiger partial charge in [0.25, 0.3) is 0 Å². The summed E-state index contributed by atoms with van der Waals surface area (Å²) >= 11 is 0. The van der Waals surface area contributed by atoms with E-state index in [1.165, 1.54) is 18.3 Å². The van der Waals surface area contributed by atoms with Crippen molar-refractivity contribution in [2.45, 2.75) is 20.1 Å². The molecule has 4 rings (SSSR count). The van der Waals surface area contributed by atoms with E-state index in [0.29, 0.717) is 23.6 Å². The number of ether oxygens (including phenoxy) is 2. The topological polar surface area (TPSA) is 65.4 Å². The summed E-state index contributed by atoms with van der Waals surface area (Å²) in [5.74, 6) is 0.887. The highest BCUT2D eigenvalue weighted by atomic mass is 19.1. The Bertz CT molecular complexity index is 1330. The van der Waals surface area contributed by atoms with Crippen LogP contribution in [-0.4, -0.2) is 22.8 Å². The molecule has 0 radical (unpaired) electrons. The van der Waals surface area contributed by atoms with E-state index in [4.69, 9.17) is 9.47 Å². The SMILES string of the molecule is COc1ccc(/C=C/C(=O)Nc2cnn(Cc3ccccc3F)c2)cc1COc1ccc(C)cc1. The maximum absolute atomic E-state index is 13.8. The van der Waals surface area contributed by atoms with Gasteiger partial charge in [-0.2, -0.15) is 5.10 Å². The molecule has 0 saturated heterocycles. The lowest BCUT2D eigenvalue weighted by molar-refractivity contribution is -0.111. The number of amides is 1. The van der Waals surface area contributed by atoms with Gasteiger partial charge < -0.3 is 14.8 Å². The predicted octanol–water partition coefficient (Wildman–Crippen LogP) is 5.62. The number of hydrogen-bond donors (Lipinski definition) is 1. The van der Waals surface area contributed by atoms with Gasteiger partial charge in [-0.25, -0.2) is 4.39 Å². The molecule has 0 bridgehead atoms. The molecule has 0 atom stereocenters. The number of methoxy groups -OCH3 is 1. The number of rotatable bonds is 9. The second-order valence-corrected chi connectivity index (χ2v) is 8.01. The Labute approximate surface area is 203 Å². The fourth-order valence-electron chi connectivity index (χ4n) is 3.48. The van der Waals surface area contributed by atoms with Crippen LogP contribution in [0.2, 0.25) is 0 Å². The van der Waals surface area contributed by atoms with E-state index in [9.17, 15) is 9.18 Å². The smallest absolute Gasteiger partial charge is 0.248 e. The summed E-state index contributed by atoms with van der Waals surface area (Å²) in [6.07, 6.45) is 6.35. The third kappa shape index (κ3) is 6.57. The molecule has 0 fully saturated rings. The number of carbonyl (C=O) groups is 1. The molecule has 7 heteroatoms. The summed E-state index contributed by atoms with van der Waals surface area (Å²) in [4.78, 5) is 12.4. The van der Waals surface area contributed by atoms with Crippen molar-refractivity contribution < 1.29 is 18.7 Å². The number of halogens is 1. The second kappa shape index (κ2) is 11.2. The maximum atomic E-state index is 13.8. The Hall–Kier alpha value is -4.39. The fourth-order valence-corrected chi connectivity index (χ4v) is 3.48. The molecule has 178 valence electrons. The van der Waals surface area contributed by atoms with Crippen molar-refractivity contribution in [1.82, 2.24) is 9.78 Å². The van der Waals surface area contributed by atoms with Gasteiger partial charge >= 0.3 is 0 Å². The minimum Gasteiger partial charge on any atom is -0.496 e. The first-order valence-electron chi connectivity index (χ1n) is 11.1. The van der Waals surface area contributed by atoms with Gasteiger partial charge in [-0.3, -0.25) is 9.48 Å². The molecule has 0 spiro atoms. The summed E-state index contributed by atoms with van der Waals surface area (Å²) in [7, 11) is 1.61. The molecule has 0 aliphatic carbocycles. The van der Waals surface area contributed by atoms with Crippen molar-refractivity contribution in [1.29, 1.82) is 0 Å². The van der Waals surface area contributed by atoms with Crippen molar-refractivity contribution in [2.24, 2.45) is 0 Å². The van der Waals surface area contributed by atoms with Crippen molar-refractivity contribution in [3.63, 3.8) is 0 Å². The van der Waals surface area contributed by atoms with Gasteiger partial charge in [-0.1, -0.05) is 42.0 Å². The zero-order chi connectivity index (χ0) is 24.6. The molecule has 3 aromatic carbocycles. The maximum Gasteiger partial charge on any atom is 0.248 e. The fraction of sp³-hybridized carbons (Fsp3) is 0.143. The van der Waals surface area contributed by atoms with Crippen LogP contribution in [-0.2, 0) is 17.9 Å². The van der Waals surface area contributed by atoms with E-state index < -0.39 is 0 Å². The summed E-state index contributed by atoms with van der Waals surface area (Å²) in [6.45, 7) is 2.63. The lowest BCUT2D eigenvalue weighted by atomic mass is 10.1. The Morgan fingerprint density at radius 2 is 1.89 bits per heavy atom. The van der Waals surface area contributed by atoms with E-state index in [1.807, 2.05) is 49.4 Å². The molecule has 6 nitrogen and oxygen atoms in total. The van der Waals surface area contributed by atoms with Gasteiger partial charge in [0.15, 0.2) is 0 Å². The molecule has 35 heavy (non-hydrogen) atoms. The first-order chi connectivity index (χ1) is 17.0. The number of aromatic nitrogens is 2. The normalized spacial score (nSPS) is 10.9. The van der Waals surface area contributed by atoms with E-state index in [-0.39, 0.29) is 18.3 Å². The van der Waals surface area contributed by atoms with Crippen LogP contribution in [0.3, 0.4) is 0 Å². The third-order valence-electron chi connectivity index (χ3n) is 5.34. The number of anilines is 1. The molecule has 0 unspecified atom stereocenters. The highest BCUT2D eigenvalue weighted by Crippen LogP contribution is 2.23. The number of carbonyl (C=O) groups excluding carboxylic acids is 1. The van der Waals surface area contributed by atoms with Crippen LogP contribution in [0.4, 0.5) is 10.1 Å². The molecular weight excluding hydrogens is 445 g/mol. The number of aryl methyl sites for hydroxylation is 1. The number of benzene rings is 3. The van der Waals surface area contributed by atoms with E-state index in [1.54, 1.807) is 42.3 Å². The Morgan fingerprint density at radius 1 is 1.09 bits per heavy atom. The van der Waals surface area contributed by atoms with Crippen molar-refractivity contribution in [2.75, 3.05) is 12.4 Å². The quantitative estimate of drug-likeness (QED) is 0.322. The Balaban J connectivity index is 1.37. The molecule has 1 N–H and O–H groups in total. The number of hydrogen-bond acceptors (Lipinski definition) is 4. The summed E-state index contributed by atoms with van der Waals surface area (Å²) in [5.41, 5.74) is 3.91. The lowest BCUT2D eigenvalue weighted by Gasteiger charge is -2.11. The van der Waals surface area contributed by atoms with Crippen LogP contribution < -0.4 is 14.8 Å². The second-order valence-electron chi connectivity index (χ2n) is 8.01. The summed E-state index contributed by atoms with van der Waals surface area (Å²) in [6, 6.07) is 20.0. The minimum atomic E-state index is -0.302. The third-order valence-corrected chi connectivity index (χ3v) is 5.34. The summed E-state index contributed by atoms with van der Waals surface area (Å²) < 4.78 is 26.7.